The van der Waals surface area contributed by atoms with E-state index in [1.54, 1.807) is 6.92 Å². The SMILES string of the molecule is CC(=O)[C@@H]1CCC2=C(C1)C(O)C(C)(C)C2. The average molecular weight is 208 g/mol. The summed E-state index contributed by atoms with van der Waals surface area (Å²) in [7, 11) is 0. The molecule has 2 rings (SSSR count). The summed E-state index contributed by atoms with van der Waals surface area (Å²) in [4.78, 5) is 11.4. The van der Waals surface area contributed by atoms with E-state index in [0.29, 0.717) is 0 Å². The molecule has 0 spiro atoms. The highest BCUT2D eigenvalue weighted by Gasteiger charge is 2.42. The van der Waals surface area contributed by atoms with Crippen LogP contribution in [0.4, 0.5) is 0 Å². The largest absolute Gasteiger partial charge is 0.388 e. The normalized spacial score (nSPS) is 34.1. The van der Waals surface area contributed by atoms with Crippen LogP contribution in [0.1, 0.15) is 46.5 Å². The Hall–Kier alpha value is -0.630. The number of ketones is 1. The number of aliphatic hydroxyl groups excluding tert-OH is 1. The first-order chi connectivity index (χ1) is 6.92. The van der Waals surface area contributed by atoms with Crippen molar-refractivity contribution in [3.8, 4) is 0 Å². The van der Waals surface area contributed by atoms with Gasteiger partial charge in [0.25, 0.3) is 0 Å². The van der Waals surface area contributed by atoms with Crippen molar-refractivity contribution in [3.63, 3.8) is 0 Å². The van der Waals surface area contributed by atoms with Gasteiger partial charge in [-0.05, 0) is 43.6 Å². The zero-order chi connectivity index (χ0) is 11.2. The number of aliphatic hydroxyl groups is 1. The minimum absolute atomic E-state index is 0.0175. The molecule has 0 heterocycles. The van der Waals surface area contributed by atoms with E-state index in [1.807, 2.05) is 0 Å². The van der Waals surface area contributed by atoms with Crippen molar-refractivity contribution in [2.45, 2.75) is 52.6 Å². The highest BCUT2D eigenvalue weighted by Crippen LogP contribution is 2.48. The summed E-state index contributed by atoms with van der Waals surface area (Å²) in [5.74, 6) is 0.436. The smallest absolute Gasteiger partial charge is 0.133 e. The summed E-state index contributed by atoms with van der Waals surface area (Å²) in [6.45, 7) is 5.89. The van der Waals surface area contributed by atoms with Crippen LogP contribution in [0.2, 0.25) is 0 Å². The lowest BCUT2D eigenvalue weighted by atomic mass is 9.82. The quantitative estimate of drug-likeness (QED) is 0.672. The maximum atomic E-state index is 11.4. The van der Waals surface area contributed by atoms with Crippen molar-refractivity contribution in [2.75, 3.05) is 0 Å². The standard InChI is InChI=1S/C13H20O2/c1-8(14)9-4-5-10-7-13(2,3)12(15)11(10)6-9/h9,12,15H,4-7H2,1-3H3/t9-,12?/m1/s1. The van der Waals surface area contributed by atoms with Gasteiger partial charge < -0.3 is 5.11 Å². The highest BCUT2D eigenvalue weighted by atomic mass is 16.3. The van der Waals surface area contributed by atoms with Crippen molar-refractivity contribution in [1.29, 1.82) is 0 Å². The van der Waals surface area contributed by atoms with Crippen molar-refractivity contribution in [2.24, 2.45) is 11.3 Å². The van der Waals surface area contributed by atoms with Gasteiger partial charge in [0, 0.05) is 5.92 Å². The van der Waals surface area contributed by atoms with E-state index in [0.717, 1.165) is 25.7 Å². The Kier molecular flexibility index (Phi) is 2.50. The molecule has 0 saturated carbocycles. The van der Waals surface area contributed by atoms with Crippen LogP contribution in [-0.2, 0) is 4.79 Å². The molecular formula is C13H20O2. The first kappa shape index (κ1) is 10.9. The van der Waals surface area contributed by atoms with Crippen LogP contribution < -0.4 is 0 Å². The first-order valence-corrected chi connectivity index (χ1v) is 5.81. The third kappa shape index (κ3) is 1.76. The van der Waals surface area contributed by atoms with Crippen LogP contribution >= 0.6 is 0 Å². The molecule has 0 aromatic carbocycles. The van der Waals surface area contributed by atoms with E-state index in [2.05, 4.69) is 13.8 Å². The van der Waals surface area contributed by atoms with Crippen molar-refractivity contribution >= 4 is 5.78 Å². The van der Waals surface area contributed by atoms with E-state index >= 15 is 0 Å². The van der Waals surface area contributed by atoms with Gasteiger partial charge >= 0.3 is 0 Å². The van der Waals surface area contributed by atoms with Gasteiger partial charge in [-0.1, -0.05) is 19.4 Å². The third-order valence-corrected chi connectivity index (χ3v) is 4.03. The molecule has 0 bridgehead atoms. The molecule has 1 N–H and O–H groups in total. The number of hydrogen-bond donors (Lipinski definition) is 1. The topological polar surface area (TPSA) is 37.3 Å². The lowest BCUT2D eigenvalue weighted by molar-refractivity contribution is -0.121. The van der Waals surface area contributed by atoms with Gasteiger partial charge in [0.2, 0.25) is 0 Å². The van der Waals surface area contributed by atoms with Gasteiger partial charge in [-0.2, -0.15) is 0 Å². The zero-order valence-electron chi connectivity index (χ0n) is 9.84. The number of carbonyl (C=O) groups is 1. The lowest BCUT2D eigenvalue weighted by Crippen LogP contribution is -2.27. The second kappa shape index (κ2) is 3.44. The maximum absolute atomic E-state index is 11.4. The van der Waals surface area contributed by atoms with Gasteiger partial charge in [0.1, 0.15) is 5.78 Å². The Bertz CT molecular complexity index is 325. The van der Waals surface area contributed by atoms with Gasteiger partial charge in [-0.3, -0.25) is 4.79 Å². The third-order valence-electron chi connectivity index (χ3n) is 4.03. The predicted molar refractivity (Wildman–Crippen MR) is 59.5 cm³/mol. The molecule has 0 fully saturated rings. The second-order valence-corrected chi connectivity index (χ2v) is 5.75. The Morgan fingerprint density at radius 3 is 2.73 bits per heavy atom. The molecule has 0 aromatic heterocycles. The number of hydrogen-bond acceptors (Lipinski definition) is 2. The molecule has 2 aliphatic carbocycles. The fraction of sp³-hybridized carbons (Fsp3) is 0.769. The molecule has 1 unspecified atom stereocenters. The van der Waals surface area contributed by atoms with Crippen LogP contribution in [0.25, 0.3) is 0 Å². The second-order valence-electron chi connectivity index (χ2n) is 5.75. The van der Waals surface area contributed by atoms with Gasteiger partial charge in [-0.25, -0.2) is 0 Å². The van der Waals surface area contributed by atoms with E-state index in [9.17, 15) is 9.90 Å². The minimum atomic E-state index is -0.324. The summed E-state index contributed by atoms with van der Waals surface area (Å²) in [5.41, 5.74) is 2.58. The average Bonchev–Trinajstić information content (AvgIpc) is 2.37. The van der Waals surface area contributed by atoms with Crippen molar-refractivity contribution < 1.29 is 9.90 Å². The molecule has 2 heteroatoms. The van der Waals surface area contributed by atoms with Crippen LogP contribution in [0.3, 0.4) is 0 Å². The molecule has 2 aliphatic rings. The Balaban J connectivity index is 2.20. The fourth-order valence-corrected chi connectivity index (χ4v) is 2.99. The van der Waals surface area contributed by atoms with Gasteiger partial charge in [0.15, 0.2) is 0 Å². The van der Waals surface area contributed by atoms with Crippen LogP contribution in [0.15, 0.2) is 11.1 Å². The first-order valence-electron chi connectivity index (χ1n) is 5.81. The summed E-state index contributed by atoms with van der Waals surface area (Å²) in [6.07, 6.45) is 3.48. The van der Waals surface area contributed by atoms with Crippen molar-refractivity contribution in [3.05, 3.63) is 11.1 Å². The molecule has 0 saturated heterocycles. The summed E-state index contributed by atoms with van der Waals surface area (Å²) in [6, 6.07) is 0. The highest BCUT2D eigenvalue weighted by molar-refractivity contribution is 5.79. The summed E-state index contributed by atoms with van der Waals surface area (Å²) >= 11 is 0. The van der Waals surface area contributed by atoms with E-state index in [1.165, 1.54) is 11.1 Å². The Morgan fingerprint density at radius 2 is 2.13 bits per heavy atom. The summed E-state index contributed by atoms with van der Waals surface area (Å²) < 4.78 is 0. The van der Waals surface area contributed by atoms with Crippen LogP contribution in [0, 0.1) is 11.3 Å². The Labute approximate surface area is 91.4 Å². The number of carbonyl (C=O) groups excluding carboxylic acids is 1. The van der Waals surface area contributed by atoms with Crippen LogP contribution in [0.5, 0.6) is 0 Å². The number of rotatable bonds is 1. The van der Waals surface area contributed by atoms with Crippen LogP contribution in [-0.4, -0.2) is 17.0 Å². The molecule has 84 valence electrons. The number of Topliss-reactive ketones (excluding diaryl/α,β-unsaturated/α-hetero) is 1. The van der Waals surface area contributed by atoms with E-state index in [-0.39, 0.29) is 23.2 Å². The molecule has 0 amide bonds. The molecule has 0 radical (unpaired) electrons. The molecule has 15 heavy (non-hydrogen) atoms. The molecule has 2 nitrogen and oxygen atoms in total. The molecule has 0 aromatic rings. The minimum Gasteiger partial charge on any atom is -0.388 e. The molecule has 0 aliphatic heterocycles. The van der Waals surface area contributed by atoms with E-state index < -0.39 is 0 Å². The van der Waals surface area contributed by atoms with Crippen molar-refractivity contribution in [1.82, 2.24) is 0 Å². The van der Waals surface area contributed by atoms with Gasteiger partial charge in [0.05, 0.1) is 6.10 Å². The monoisotopic (exact) mass is 208 g/mol. The molecule has 2 atom stereocenters. The zero-order valence-corrected chi connectivity index (χ0v) is 9.84. The summed E-state index contributed by atoms with van der Waals surface area (Å²) in [5, 5.41) is 10.2. The number of allylic oxidation sites excluding steroid dienone is 1. The maximum Gasteiger partial charge on any atom is 0.133 e. The molecular weight excluding hydrogens is 188 g/mol. The predicted octanol–water partition coefficient (Wildman–Crippen LogP) is 2.46. The van der Waals surface area contributed by atoms with Gasteiger partial charge in [-0.15, -0.1) is 0 Å². The van der Waals surface area contributed by atoms with E-state index in [4.69, 9.17) is 0 Å². The Morgan fingerprint density at radius 1 is 1.47 bits per heavy atom. The fourth-order valence-electron chi connectivity index (χ4n) is 2.99. The lowest BCUT2D eigenvalue weighted by Gasteiger charge is -2.26.